The number of pyridine rings is 1. The number of nitrogens with one attached hydrogen (secondary N) is 3. The third-order valence-electron chi connectivity index (χ3n) is 7.87. The van der Waals surface area contributed by atoms with Crippen LogP contribution in [0.3, 0.4) is 0 Å². The van der Waals surface area contributed by atoms with Crippen LogP contribution in [0.4, 0.5) is 27.9 Å². The van der Waals surface area contributed by atoms with Gasteiger partial charge >= 0.3 is 6.03 Å². The Hall–Kier alpha value is -5.81. The molecule has 0 radical (unpaired) electrons. The minimum atomic E-state index is -0.387. The predicted octanol–water partition coefficient (Wildman–Crippen LogP) is 8.18. The Bertz CT molecular complexity index is 2070. The van der Waals surface area contributed by atoms with Gasteiger partial charge in [0.05, 0.1) is 35.6 Å². The summed E-state index contributed by atoms with van der Waals surface area (Å²) in [4.78, 5) is 26.7. The first-order valence-corrected chi connectivity index (χ1v) is 16.1. The van der Waals surface area contributed by atoms with Crippen molar-refractivity contribution in [3.8, 4) is 11.4 Å². The fraction of sp³-hybridized carbons (Fsp3) is 0.237. The molecule has 0 aliphatic carbocycles. The number of hydrogen-bond acceptors (Lipinski definition) is 8. The van der Waals surface area contributed by atoms with Crippen molar-refractivity contribution in [1.82, 2.24) is 24.7 Å². The molecule has 11 nitrogen and oxygen atoms in total. The Morgan fingerprint density at radius 1 is 0.857 bits per heavy atom. The maximum absolute atomic E-state index is 13.5. The molecule has 0 bridgehead atoms. The molecule has 3 aromatic carbocycles. The van der Waals surface area contributed by atoms with Crippen LogP contribution in [0.2, 0.25) is 0 Å². The van der Waals surface area contributed by atoms with Crippen LogP contribution in [-0.4, -0.2) is 37.9 Å². The second kappa shape index (κ2) is 14.5. The zero-order valence-electron chi connectivity index (χ0n) is 28.3. The first kappa shape index (κ1) is 33.1. The van der Waals surface area contributed by atoms with Gasteiger partial charge in [-0.3, -0.25) is 10.3 Å². The van der Waals surface area contributed by atoms with Gasteiger partial charge in [0, 0.05) is 41.8 Å². The van der Waals surface area contributed by atoms with Gasteiger partial charge in [0.2, 0.25) is 0 Å². The maximum Gasteiger partial charge on any atom is 0.324 e. The number of carbonyl (C=O) groups is 1. The highest BCUT2D eigenvalue weighted by Crippen LogP contribution is 2.33. The van der Waals surface area contributed by atoms with Gasteiger partial charge in [-0.2, -0.15) is 5.10 Å². The third kappa shape index (κ3) is 8.02. The molecule has 3 aromatic heterocycles. The van der Waals surface area contributed by atoms with E-state index in [2.05, 4.69) is 51.7 Å². The van der Waals surface area contributed by atoms with Crippen molar-refractivity contribution in [2.24, 2.45) is 0 Å². The molecule has 0 atom stereocenters. The van der Waals surface area contributed by atoms with Gasteiger partial charge in [0.15, 0.2) is 0 Å². The molecule has 250 valence electrons. The van der Waals surface area contributed by atoms with E-state index in [1.807, 2.05) is 85.8 Å². The standard InChI is InChI=1S/C38H40N8O3/c1-6-27-21-39-22-35(41-27)43-34-19-26(17-18-40-34)24-49-32-16-15-31(29-9-7-8-10-30(29)32)42-37(47)44-36-20-33(38(2,3)4)45-46(36)28-13-11-25(12-14-28)23-48-5/h7-22H,6,23-24H2,1-5H3,(H,40,41,43)(H2,42,44,47). The Kier molecular flexibility index (Phi) is 9.82. The molecule has 0 saturated heterocycles. The molecule has 0 spiro atoms. The number of anilines is 4. The van der Waals surface area contributed by atoms with Gasteiger partial charge in [0.25, 0.3) is 0 Å². The number of aryl methyl sites for hydroxylation is 1. The number of hydrogen-bond donors (Lipinski definition) is 3. The highest BCUT2D eigenvalue weighted by atomic mass is 16.5. The number of benzene rings is 3. The van der Waals surface area contributed by atoms with Crippen LogP contribution in [0, 0.1) is 0 Å². The summed E-state index contributed by atoms with van der Waals surface area (Å²) < 4.78 is 13.3. The summed E-state index contributed by atoms with van der Waals surface area (Å²) >= 11 is 0. The molecule has 11 heteroatoms. The van der Waals surface area contributed by atoms with Crippen LogP contribution >= 0.6 is 0 Å². The van der Waals surface area contributed by atoms with Crippen molar-refractivity contribution in [2.75, 3.05) is 23.1 Å². The number of ether oxygens (including phenoxy) is 2. The van der Waals surface area contributed by atoms with Gasteiger partial charge in [-0.05, 0) is 53.9 Å². The lowest BCUT2D eigenvalue weighted by Gasteiger charge is -2.15. The van der Waals surface area contributed by atoms with Crippen molar-refractivity contribution in [3.63, 3.8) is 0 Å². The molecular formula is C38H40N8O3. The van der Waals surface area contributed by atoms with Crippen LogP contribution in [0.1, 0.15) is 50.2 Å². The number of carbonyl (C=O) groups excluding carboxylic acids is 1. The molecule has 49 heavy (non-hydrogen) atoms. The molecule has 6 aromatic rings. The molecule has 0 unspecified atom stereocenters. The lowest BCUT2D eigenvalue weighted by molar-refractivity contribution is 0.185. The number of nitrogens with zero attached hydrogens (tertiary/aromatic N) is 5. The average molecular weight is 657 g/mol. The van der Waals surface area contributed by atoms with E-state index in [-0.39, 0.29) is 11.4 Å². The lowest BCUT2D eigenvalue weighted by atomic mass is 9.92. The van der Waals surface area contributed by atoms with E-state index in [9.17, 15) is 4.79 Å². The third-order valence-corrected chi connectivity index (χ3v) is 7.87. The van der Waals surface area contributed by atoms with Crippen LogP contribution in [0.25, 0.3) is 16.5 Å². The van der Waals surface area contributed by atoms with Crippen LogP contribution in [0.5, 0.6) is 5.75 Å². The van der Waals surface area contributed by atoms with Gasteiger partial charge in [-0.25, -0.2) is 19.4 Å². The van der Waals surface area contributed by atoms with Crippen molar-refractivity contribution in [1.29, 1.82) is 0 Å². The largest absolute Gasteiger partial charge is 0.488 e. The number of aromatic nitrogens is 5. The molecule has 0 saturated carbocycles. The Balaban J connectivity index is 1.18. The summed E-state index contributed by atoms with van der Waals surface area (Å²) in [5.74, 6) is 2.54. The zero-order chi connectivity index (χ0) is 34.4. The molecular weight excluding hydrogens is 616 g/mol. The van der Waals surface area contributed by atoms with Crippen molar-refractivity contribution >= 4 is 39.9 Å². The molecule has 2 amide bonds. The minimum absolute atomic E-state index is 0.218. The van der Waals surface area contributed by atoms with Crippen molar-refractivity contribution in [2.45, 2.75) is 52.7 Å². The van der Waals surface area contributed by atoms with Gasteiger partial charge in [-0.15, -0.1) is 0 Å². The fourth-order valence-electron chi connectivity index (χ4n) is 5.27. The highest BCUT2D eigenvalue weighted by molar-refractivity contribution is 6.07. The summed E-state index contributed by atoms with van der Waals surface area (Å²) in [5, 5.41) is 15.8. The fourth-order valence-corrected chi connectivity index (χ4v) is 5.27. The second-order valence-electron chi connectivity index (χ2n) is 12.6. The maximum atomic E-state index is 13.5. The molecule has 0 aliphatic rings. The number of fused-ring (bicyclic) bond motifs is 1. The number of methoxy groups -OCH3 is 1. The van der Waals surface area contributed by atoms with E-state index in [0.29, 0.717) is 42.1 Å². The second-order valence-corrected chi connectivity index (χ2v) is 12.6. The monoisotopic (exact) mass is 656 g/mol. The van der Waals surface area contributed by atoms with Crippen molar-refractivity contribution < 1.29 is 14.3 Å². The Labute approximate surface area is 285 Å². The topological polar surface area (TPSA) is 128 Å². The summed E-state index contributed by atoms with van der Waals surface area (Å²) in [7, 11) is 1.67. The number of rotatable bonds is 11. The van der Waals surface area contributed by atoms with Crippen LogP contribution in [0.15, 0.2) is 97.5 Å². The van der Waals surface area contributed by atoms with E-state index >= 15 is 0 Å². The summed E-state index contributed by atoms with van der Waals surface area (Å²) in [6.07, 6.45) is 5.95. The Morgan fingerprint density at radius 2 is 1.65 bits per heavy atom. The molecule has 3 N–H and O–H groups in total. The highest BCUT2D eigenvalue weighted by Gasteiger charge is 2.22. The molecule has 0 aliphatic heterocycles. The first-order valence-electron chi connectivity index (χ1n) is 16.1. The van der Waals surface area contributed by atoms with E-state index in [1.54, 1.807) is 30.4 Å². The van der Waals surface area contributed by atoms with Gasteiger partial charge in [0.1, 0.15) is 29.8 Å². The van der Waals surface area contributed by atoms with E-state index in [1.165, 1.54) is 0 Å². The normalized spacial score (nSPS) is 11.4. The quantitative estimate of drug-likeness (QED) is 0.127. The lowest BCUT2D eigenvalue weighted by Crippen LogP contribution is -2.21. The van der Waals surface area contributed by atoms with E-state index < -0.39 is 0 Å². The molecule has 6 rings (SSSR count). The van der Waals surface area contributed by atoms with E-state index in [4.69, 9.17) is 14.6 Å². The smallest absolute Gasteiger partial charge is 0.324 e. The number of urea groups is 1. The summed E-state index contributed by atoms with van der Waals surface area (Å²) in [6, 6.07) is 24.8. The Morgan fingerprint density at radius 3 is 2.41 bits per heavy atom. The molecule has 0 fully saturated rings. The number of amides is 2. The predicted molar refractivity (Wildman–Crippen MR) is 193 cm³/mol. The SMILES string of the molecule is CCc1cncc(Nc2cc(COc3ccc(NC(=O)Nc4cc(C(C)(C)C)nn4-c4ccc(COC)cc4)c4ccccc34)ccn2)n1. The van der Waals surface area contributed by atoms with Gasteiger partial charge < -0.3 is 20.1 Å². The average Bonchev–Trinajstić information content (AvgIpc) is 3.53. The van der Waals surface area contributed by atoms with Crippen molar-refractivity contribution in [3.05, 3.63) is 120 Å². The van der Waals surface area contributed by atoms with Crippen LogP contribution < -0.4 is 20.7 Å². The summed E-state index contributed by atoms with van der Waals surface area (Å²) in [6.45, 7) is 9.15. The zero-order valence-corrected chi connectivity index (χ0v) is 28.3. The minimum Gasteiger partial charge on any atom is -0.488 e. The first-order chi connectivity index (χ1) is 23.7. The van der Waals surface area contributed by atoms with E-state index in [0.717, 1.165) is 45.4 Å². The summed E-state index contributed by atoms with van der Waals surface area (Å²) in [5.41, 5.74) is 5.00. The molecule has 3 heterocycles. The van der Waals surface area contributed by atoms with Crippen LogP contribution in [-0.2, 0) is 29.8 Å². The van der Waals surface area contributed by atoms with Gasteiger partial charge in [-0.1, -0.05) is 64.1 Å².